The molecule has 85 heavy (non-hydrogen) atoms. The van der Waals surface area contributed by atoms with Gasteiger partial charge in [0.25, 0.3) is 10.0 Å². The number of carbonyl (C=O) groups excluding carboxylic acids is 1. The molecule has 4 aromatic carbocycles. The van der Waals surface area contributed by atoms with E-state index in [0.717, 1.165) is 85.4 Å². The molecule has 5 aromatic rings. The number of unbranched alkanes of at least 4 members (excludes halogenated alkanes) is 1. The van der Waals surface area contributed by atoms with E-state index < -0.39 is 10.0 Å². The predicted molar refractivity (Wildman–Crippen MR) is 322 cm³/mol. The van der Waals surface area contributed by atoms with Crippen molar-refractivity contribution in [3.8, 4) is 39.8 Å². The number of likely N-dealkylation sites (tertiary alicyclic amines) is 1. The molecule has 0 bridgehead atoms. The zero-order chi connectivity index (χ0) is 59.7. The number of rotatable bonds is 48. The number of amides is 1. The average Bonchev–Trinajstić information content (AvgIpc) is 4.09. The number of nitriles is 1. The van der Waals surface area contributed by atoms with Gasteiger partial charge in [-0.2, -0.15) is 9.64 Å². The number of benzene rings is 4. The topological polar surface area (TPSA) is 236 Å². The molecule has 6 rings (SSSR count). The van der Waals surface area contributed by atoms with Crippen LogP contribution in [0.3, 0.4) is 0 Å². The van der Waals surface area contributed by atoms with Crippen LogP contribution in [0.15, 0.2) is 102 Å². The van der Waals surface area contributed by atoms with Gasteiger partial charge < -0.3 is 66.5 Å². The Bertz CT molecular complexity index is 2730. The number of sulfonamides is 1. The lowest BCUT2D eigenvalue weighted by molar-refractivity contribution is -0.133. The fourth-order valence-corrected chi connectivity index (χ4v) is 10.6. The molecular formula is C62H85N5O16S2. The molecule has 1 amide bonds. The highest BCUT2D eigenvalue weighted by molar-refractivity contribution is 7.93. The highest BCUT2D eigenvalue weighted by atomic mass is 32.2. The molecule has 0 aliphatic carbocycles. The number of aryl methyl sites for hydroxylation is 1. The van der Waals surface area contributed by atoms with Gasteiger partial charge in [0.2, 0.25) is 11.0 Å². The van der Waals surface area contributed by atoms with Crippen LogP contribution in [0.25, 0.3) is 22.3 Å². The van der Waals surface area contributed by atoms with E-state index in [-0.39, 0.29) is 27.2 Å². The van der Waals surface area contributed by atoms with Crippen LogP contribution in [-0.2, 0) is 78.1 Å². The van der Waals surface area contributed by atoms with Crippen LogP contribution in [-0.4, -0.2) is 201 Å². The Morgan fingerprint density at radius 2 is 1.11 bits per heavy atom. The molecule has 1 aliphatic rings. The maximum atomic E-state index is 13.1. The van der Waals surface area contributed by atoms with Gasteiger partial charge >= 0.3 is 0 Å². The summed E-state index contributed by atoms with van der Waals surface area (Å²) in [6.45, 7) is 12.7. The van der Waals surface area contributed by atoms with Gasteiger partial charge in [0, 0.05) is 37.3 Å². The Morgan fingerprint density at radius 1 is 0.588 bits per heavy atom. The van der Waals surface area contributed by atoms with E-state index >= 15 is 0 Å². The standard InChI is InChI=1S/C62H85N5O16S2/c1-71-24-25-73-28-29-75-32-33-77-36-37-79-40-41-81-44-45-82-43-42-80-39-38-78-35-34-76-31-30-74-27-26-72-23-20-61(68)67-21-18-51(19-22-67)8-5-6-9-52-10-7-13-55(46-52)58-48-54(53-11-3-2-4-12-53)14-16-60(58)83-59-17-15-57(47-56(59)49-63)85(69,70)66-62-64-50-65-84-62/h2-4,7,10-17,46-48,50-51H,5-6,8-9,18-45H2,1H3,(H,64,65,66). The third-order valence-corrected chi connectivity index (χ3v) is 15.5. The third-order valence-electron chi connectivity index (χ3n) is 13.4. The summed E-state index contributed by atoms with van der Waals surface area (Å²) in [6.07, 6.45) is 7.78. The molecule has 1 aromatic heterocycles. The van der Waals surface area contributed by atoms with Gasteiger partial charge in [0.15, 0.2) is 0 Å². The van der Waals surface area contributed by atoms with Crippen molar-refractivity contribution in [3.05, 3.63) is 108 Å². The van der Waals surface area contributed by atoms with Crippen LogP contribution in [0.5, 0.6) is 11.5 Å². The minimum Gasteiger partial charge on any atom is -0.455 e. The van der Waals surface area contributed by atoms with Gasteiger partial charge in [-0.1, -0.05) is 73.5 Å². The van der Waals surface area contributed by atoms with Crippen LogP contribution in [0.4, 0.5) is 5.13 Å². The summed E-state index contributed by atoms with van der Waals surface area (Å²) in [5, 5.41) is 10.2. The Balaban J connectivity index is 0.733. The van der Waals surface area contributed by atoms with Crippen LogP contribution < -0.4 is 9.46 Å². The number of hydrogen-bond acceptors (Lipinski definition) is 20. The molecule has 0 saturated carbocycles. The first kappa shape index (κ1) is 68.6. The van der Waals surface area contributed by atoms with Gasteiger partial charge in [0.05, 0.1) is 169 Å². The number of aromatic nitrogens is 2. The first-order chi connectivity index (χ1) is 41.8. The second-order valence-corrected chi connectivity index (χ2v) is 22.0. The number of hydrogen-bond donors (Lipinski definition) is 1. The molecule has 0 unspecified atom stereocenters. The van der Waals surface area contributed by atoms with Gasteiger partial charge in [-0.25, -0.2) is 13.4 Å². The second kappa shape index (κ2) is 42.3. The Morgan fingerprint density at radius 3 is 1.62 bits per heavy atom. The van der Waals surface area contributed by atoms with Crippen molar-refractivity contribution in [2.45, 2.75) is 49.8 Å². The summed E-state index contributed by atoms with van der Waals surface area (Å²) >= 11 is 0.912. The maximum Gasteiger partial charge on any atom is 0.263 e. The minimum absolute atomic E-state index is 0.0659. The van der Waals surface area contributed by atoms with E-state index in [0.29, 0.717) is 170 Å². The van der Waals surface area contributed by atoms with Crippen molar-refractivity contribution in [1.82, 2.24) is 14.3 Å². The third kappa shape index (κ3) is 27.8. The fraction of sp³-hybridized carbons (Fsp3) is 0.548. The maximum absolute atomic E-state index is 13.1. The molecule has 23 heteroatoms. The lowest BCUT2D eigenvalue weighted by Crippen LogP contribution is -2.38. The number of carbonyl (C=O) groups is 1. The van der Waals surface area contributed by atoms with Gasteiger partial charge in [-0.05, 0) is 84.2 Å². The van der Waals surface area contributed by atoms with Crippen LogP contribution in [0.1, 0.15) is 49.7 Å². The van der Waals surface area contributed by atoms with E-state index in [2.05, 4.69) is 62.6 Å². The number of nitrogens with zero attached hydrogens (tertiary/aromatic N) is 4. The largest absolute Gasteiger partial charge is 0.455 e. The zero-order valence-electron chi connectivity index (χ0n) is 49.1. The summed E-state index contributed by atoms with van der Waals surface area (Å²) < 4.78 is 104. The van der Waals surface area contributed by atoms with Gasteiger partial charge in [0.1, 0.15) is 23.9 Å². The molecule has 1 aliphatic heterocycles. The summed E-state index contributed by atoms with van der Waals surface area (Å²) in [5.74, 6) is 1.48. The highest BCUT2D eigenvalue weighted by Gasteiger charge is 2.23. The lowest BCUT2D eigenvalue weighted by Gasteiger charge is -2.32. The first-order valence-corrected chi connectivity index (χ1v) is 31.5. The van der Waals surface area contributed by atoms with Gasteiger partial charge in [-0.3, -0.25) is 9.52 Å². The predicted octanol–water partition coefficient (Wildman–Crippen LogP) is 8.51. The SMILES string of the molecule is COCCOCCOCCOCCOCCOCCOCCOCCOCCOCCOCCOCCC(=O)N1CCC(CCCCc2cccc(-c3cc(-c4ccccc4)ccc3Oc3ccc(S(=O)(=O)Nc4ncns4)cc3C#N)c2)CC1. The Labute approximate surface area is 505 Å². The second-order valence-electron chi connectivity index (χ2n) is 19.5. The molecule has 0 spiro atoms. The van der Waals surface area contributed by atoms with Crippen LogP contribution in [0.2, 0.25) is 0 Å². The normalized spacial score (nSPS) is 12.9. The van der Waals surface area contributed by atoms with Crippen molar-refractivity contribution >= 4 is 32.6 Å². The molecular weight excluding hydrogens is 1130 g/mol. The molecule has 0 atom stereocenters. The van der Waals surface area contributed by atoms with E-state index in [4.69, 9.17) is 61.6 Å². The number of nitrogens with one attached hydrogen (secondary N) is 1. The van der Waals surface area contributed by atoms with Crippen LogP contribution >= 0.6 is 11.5 Å². The van der Waals surface area contributed by atoms with E-state index in [1.54, 1.807) is 7.11 Å². The average molecular weight is 1220 g/mol. The molecule has 1 N–H and O–H groups in total. The summed E-state index contributed by atoms with van der Waals surface area (Å²) in [6, 6.07) is 30.8. The van der Waals surface area contributed by atoms with E-state index in [1.165, 1.54) is 30.1 Å². The summed E-state index contributed by atoms with van der Waals surface area (Å²) in [7, 11) is -2.38. The monoisotopic (exact) mass is 1220 g/mol. The molecule has 0 radical (unpaired) electrons. The van der Waals surface area contributed by atoms with Crippen molar-refractivity contribution in [2.24, 2.45) is 5.92 Å². The Hall–Kier alpha value is -5.53. The molecule has 2 heterocycles. The molecule has 1 fully saturated rings. The van der Waals surface area contributed by atoms with E-state index in [9.17, 15) is 18.5 Å². The van der Waals surface area contributed by atoms with Crippen molar-refractivity contribution < 1.29 is 74.8 Å². The quantitative estimate of drug-likeness (QED) is 0.0359. The van der Waals surface area contributed by atoms with Crippen molar-refractivity contribution in [3.63, 3.8) is 0 Å². The lowest BCUT2D eigenvalue weighted by atomic mass is 9.90. The number of methoxy groups -OCH3 is 1. The number of ether oxygens (including phenoxy) is 13. The molecule has 1 saturated heterocycles. The minimum atomic E-state index is -4.02. The van der Waals surface area contributed by atoms with E-state index in [1.807, 2.05) is 35.2 Å². The molecule has 21 nitrogen and oxygen atoms in total. The number of anilines is 1. The summed E-state index contributed by atoms with van der Waals surface area (Å²) in [5.41, 5.74) is 5.12. The van der Waals surface area contributed by atoms with Crippen molar-refractivity contribution in [1.29, 1.82) is 5.26 Å². The van der Waals surface area contributed by atoms with Gasteiger partial charge in [-0.15, -0.1) is 0 Å². The number of piperidine rings is 1. The van der Waals surface area contributed by atoms with Crippen molar-refractivity contribution in [2.75, 3.05) is 177 Å². The Kier molecular flexibility index (Phi) is 34.2. The smallest absolute Gasteiger partial charge is 0.263 e. The highest BCUT2D eigenvalue weighted by Crippen LogP contribution is 2.39. The summed E-state index contributed by atoms with van der Waals surface area (Å²) in [4.78, 5) is 18.7. The zero-order valence-corrected chi connectivity index (χ0v) is 50.7. The van der Waals surface area contributed by atoms with Crippen LogP contribution in [0, 0.1) is 17.2 Å². The molecule has 466 valence electrons. The first-order valence-electron chi connectivity index (χ1n) is 29.2. The fourth-order valence-electron chi connectivity index (χ4n) is 8.91.